The number of aromatic nitrogens is 3. The number of fused-ring (bicyclic) bond motifs is 2. The minimum absolute atomic E-state index is 0.00508. The Morgan fingerprint density at radius 1 is 1.19 bits per heavy atom. The molecule has 0 bridgehead atoms. The Morgan fingerprint density at radius 3 is 2.64 bits per heavy atom. The van der Waals surface area contributed by atoms with Crippen molar-refractivity contribution in [1.29, 1.82) is 0 Å². The van der Waals surface area contributed by atoms with Gasteiger partial charge in [0.2, 0.25) is 5.91 Å². The van der Waals surface area contributed by atoms with Gasteiger partial charge in [0.05, 0.1) is 11.7 Å². The largest absolute Gasteiger partial charge is 0.343 e. The van der Waals surface area contributed by atoms with Crippen molar-refractivity contribution in [3.63, 3.8) is 0 Å². The predicted molar refractivity (Wildman–Crippen MR) is 168 cm³/mol. The van der Waals surface area contributed by atoms with Crippen molar-refractivity contribution in [3.8, 4) is 0 Å². The lowest BCUT2D eigenvalue weighted by Gasteiger charge is -2.32. The lowest BCUT2D eigenvalue weighted by Crippen LogP contribution is -2.39. The summed E-state index contributed by atoms with van der Waals surface area (Å²) in [6.45, 7) is 11.6. The fraction of sp³-hybridized carbons (Fsp3) is 0.471. The molecule has 1 aliphatic heterocycles. The highest BCUT2D eigenvalue weighted by atomic mass is 16.2. The molecular formula is C34H43N5O3. The molecule has 2 aromatic carbocycles. The minimum atomic E-state index is -0.408. The molecule has 1 fully saturated rings. The number of para-hydroxylation sites is 1. The van der Waals surface area contributed by atoms with Gasteiger partial charge in [0.25, 0.3) is 5.56 Å². The number of pyridine rings is 1. The van der Waals surface area contributed by atoms with E-state index < -0.39 is 5.92 Å². The molecular weight excluding hydrogens is 526 g/mol. The zero-order valence-corrected chi connectivity index (χ0v) is 25.5. The van der Waals surface area contributed by atoms with E-state index in [0.29, 0.717) is 19.5 Å². The van der Waals surface area contributed by atoms with Crippen LogP contribution in [0.25, 0.3) is 21.8 Å². The van der Waals surface area contributed by atoms with E-state index in [1.54, 1.807) is 0 Å². The first-order chi connectivity index (χ1) is 20.0. The SMILES string of the molecule is Cc1cc(C[C@H](C=O)CC(=O)N2CCC(c3cc4ccccc4[nH]c3=O)CC2)c(CN(C)CC(C)(C)C)c2cn[nH]c12. The van der Waals surface area contributed by atoms with E-state index in [0.717, 1.165) is 76.3 Å². The molecule has 8 heteroatoms. The fourth-order valence-electron chi connectivity index (χ4n) is 6.63. The maximum absolute atomic E-state index is 13.4. The average molecular weight is 570 g/mol. The van der Waals surface area contributed by atoms with Crippen molar-refractivity contribution in [2.45, 2.75) is 65.8 Å². The number of nitrogens with one attached hydrogen (secondary N) is 2. The third kappa shape index (κ3) is 6.65. The van der Waals surface area contributed by atoms with Gasteiger partial charge in [0.15, 0.2) is 0 Å². The Labute approximate surface area is 247 Å². The highest BCUT2D eigenvalue weighted by Crippen LogP contribution is 2.30. The number of aromatic amines is 2. The van der Waals surface area contributed by atoms with Crippen molar-refractivity contribution < 1.29 is 9.59 Å². The number of aryl methyl sites for hydroxylation is 1. The van der Waals surface area contributed by atoms with Gasteiger partial charge in [-0.05, 0) is 78.8 Å². The maximum Gasteiger partial charge on any atom is 0.251 e. The van der Waals surface area contributed by atoms with E-state index >= 15 is 0 Å². The Hall–Kier alpha value is -3.78. The zero-order chi connectivity index (χ0) is 30.0. The second-order valence-electron chi connectivity index (χ2n) is 13.3. The molecule has 0 unspecified atom stereocenters. The summed E-state index contributed by atoms with van der Waals surface area (Å²) in [6, 6.07) is 11.9. The van der Waals surface area contributed by atoms with Gasteiger partial charge in [0.1, 0.15) is 6.29 Å². The van der Waals surface area contributed by atoms with Crippen LogP contribution in [0.3, 0.4) is 0 Å². The summed E-state index contributed by atoms with van der Waals surface area (Å²) in [4.78, 5) is 45.6. The molecule has 8 nitrogen and oxygen atoms in total. The van der Waals surface area contributed by atoms with Crippen LogP contribution in [0.5, 0.6) is 0 Å². The number of aldehydes is 1. The lowest BCUT2D eigenvalue weighted by molar-refractivity contribution is -0.134. The monoisotopic (exact) mass is 569 g/mol. The van der Waals surface area contributed by atoms with Crippen LogP contribution in [0.4, 0.5) is 0 Å². The molecule has 0 aliphatic carbocycles. The summed E-state index contributed by atoms with van der Waals surface area (Å²) in [5.41, 5.74) is 6.10. The molecule has 5 rings (SSSR count). The molecule has 1 amide bonds. The van der Waals surface area contributed by atoms with Gasteiger partial charge in [-0.15, -0.1) is 0 Å². The summed E-state index contributed by atoms with van der Waals surface area (Å²) >= 11 is 0. The zero-order valence-electron chi connectivity index (χ0n) is 25.5. The van der Waals surface area contributed by atoms with Crippen LogP contribution >= 0.6 is 0 Å². The van der Waals surface area contributed by atoms with Crippen LogP contribution < -0.4 is 5.56 Å². The Morgan fingerprint density at radius 2 is 1.93 bits per heavy atom. The normalized spacial score (nSPS) is 15.5. The number of nitrogens with zero attached hydrogens (tertiary/aromatic N) is 3. The summed E-state index contributed by atoms with van der Waals surface area (Å²) < 4.78 is 0. The molecule has 2 N–H and O–H groups in total. The summed E-state index contributed by atoms with van der Waals surface area (Å²) in [6.07, 6.45) is 4.98. The van der Waals surface area contributed by atoms with E-state index in [1.165, 1.54) is 0 Å². The standard InChI is InChI=1S/C34H43N5O3/c1-22-14-26(29(28-18-35-37-32(22)28)19-38(5)21-34(2,3)4)15-23(20-40)16-31(41)39-12-10-24(11-13-39)27-17-25-8-6-7-9-30(25)36-33(27)42/h6-9,14,17-18,20,23-24H,10-13,15-16,19,21H2,1-5H3,(H,35,37)(H,36,42)/t23-/m0/s1. The quantitative estimate of drug-likeness (QED) is 0.265. The van der Waals surface area contributed by atoms with E-state index in [9.17, 15) is 14.4 Å². The molecule has 0 radical (unpaired) electrons. The number of hydrogen-bond donors (Lipinski definition) is 2. The third-order valence-corrected chi connectivity index (χ3v) is 8.49. The number of likely N-dealkylation sites (tertiary alicyclic amines) is 1. The van der Waals surface area contributed by atoms with Gasteiger partial charge in [-0.1, -0.05) is 45.0 Å². The van der Waals surface area contributed by atoms with Crippen molar-refractivity contribution in [2.24, 2.45) is 11.3 Å². The molecule has 0 spiro atoms. The smallest absolute Gasteiger partial charge is 0.251 e. The van der Waals surface area contributed by atoms with Crippen molar-refractivity contribution in [2.75, 3.05) is 26.7 Å². The number of hydrogen-bond acceptors (Lipinski definition) is 5. The van der Waals surface area contributed by atoms with Gasteiger partial charge in [-0.2, -0.15) is 5.10 Å². The van der Waals surface area contributed by atoms with E-state index in [2.05, 4.69) is 60.9 Å². The van der Waals surface area contributed by atoms with Crippen molar-refractivity contribution in [3.05, 3.63) is 75.2 Å². The highest BCUT2D eigenvalue weighted by Gasteiger charge is 2.28. The minimum Gasteiger partial charge on any atom is -0.343 e. The van der Waals surface area contributed by atoms with E-state index in [1.807, 2.05) is 41.4 Å². The summed E-state index contributed by atoms with van der Waals surface area (Å²) in [7, 11) is 2.12. The Kier molecular flexibility index (Phi) is 8.64. The maximum atomic E-state index is 13.4. The van der Waals surface area contributed by atoms with Crippen LogP contribution in [0.15, 0.2) is 47.4 Å². The van der Waals surface area contributed by atoms with Gasteiger partial charge in [0, 0.05) is 55.0 Å². The van der Waals surface area contributed by atoms with Gasteiger partial charge in [-0.3, -0.25) is 14.7 Å². The molecule has 222 valence electrons. The van der Waals surface area contributed by atoms with Crippen molar-refractivity contribution >= 4 is 34.0 Å². The average Bonchev–Trinajstić information content (AvgIpc) is 3.44. The van der Waals surface area contributed by atoms with Crippen LogP contribution in [0.2, 0.25) is 0 Å². The van der Waals surface area contributed by atoms with E-state index in [4.69, 9.17) is 0 Å². The molecule has 1 atom stereocenters. The second-order valence-corrected chi connectivity index (χ2v) is 13.3. The molecule has 4 aromatic rings. The molecule has 1 saturated heterocycles. The number of carbonyl (C=O) groups excluding carboxylic acids is 2. The first-order valence-corrected chi connectivity index (χ1v) is 15.0. The molecule has 2 aromatic heterocycles. The van der Waals surface area contributed by atoms with Gasteiger partial charge < -0.3 is 19.6 Å². The number of rotatable bonds is 9. The molecule has 42 heavy (non-hydrogen) atoms. The number of amides is 1. The molecule has 0 saturated carbocycles. The second kappa shape index (κ2) is 12.2. The van der Waals surface area contributed by atoms with Gasteiger partial charge >= 0.3 is 0 Å². The predicted octanol–water partition coefficient (Wildman–Crippen LogP) is 5.34. The Bertz CT molecular complexity index is 1640. The first kappa shape index (κ1) is 29.7. The summed E-state index contributed by atoms with van der Waals surface area (Å²) in [5, 5.41) is 9.53. The number of carbonyl (C=O) groups is 2. The van der Waals surface area contributed by atoms with Crippen molar-refractivity contribution in [1.82, 2.24) is 25.0 Å². The first-order valence-electron chi connectivity index (χ1n) is 15.0. The number of piperidine rings is 1. The van der Waals surface area contributed by atoms with Crippen LogP contribution in [-0.2, 0) is 22.6 Å². The molecule has 1 aliphatic rings. The topological polar surface area (TPSA) is 102 Å². The summed E-state index contributed by atoms with van der Waals surface area (Å²) in [5.74, 6) is -0.291. The molecule has 3 heterocycles. The number of H-pyrrole nitrogens is 2. The Balaban J connectivity index is 1.26. The van der Waals surface area contributed by atoms with Crippen LogP contribution in [0.1, 0.15) is 68.2 Å². The van der Waals surface area contributed by atoms with Gasteiger partial charge in [-0.25, -0.2) is 0 Å². The highest BCUT2D eigenvalue weighted by molar-refractivity contribution is 5.86. The van der Waals surface area contributed by atoms with E-state index in [-0.39, 0.29) is 29.2 Å². The third-order valence-electron chi connectivity index (χ3n) is 8.49. The lowest BCUT2D eigenvalue weighted by atomic mass is 9.88. The van der Waals surface area contributed by atoms with Crippen LogP contribution in [0, 0.1) is 18.3 Å². The number of benzene rings is 2. The fourth-order valence-corrected chi connectivity index (χ4v) is 6.63. The van der Waals surface area contributed by atoms with Crippen LogP contribution in [-0.4, -0.2) is 63.9 Å².